The summed E-state index contributed by atoms with van der Waals surface area (Å²) in [7, 11) is 5.23. The summed E-state index contributed by atoms with van der Waals surface area (Å²) in [4.78, 5) is 6.76. The number of likely N-dealkylation sites (tertiary alicyclic amines) is 1. The molecule has 0 amide bonds. The highest BCUT2D eigenvalue weighted by Gasteiger charge is 2.25. The van der Waals surface area contributed by atoms with Crippen LogP contribution in [0.1, 0.15) is 24.3 Å². The molecule has 0 bridgehead atoms. The maximum absolute atomic E-state index is 5.48. The first-order chi connectivity index (χ1) is 12.3. The van der Waals surface area contributed by atoms with Crippen LogP contribution in [-0.2, 0) is 9.47 Å². The molecule has 1 saturated heterocycles. The third-order valence-electron chi connectivity index (χ3n) is 4.47. The van der Waals surface area contributed by atoms with Crippen LogP contribution in [0.5, 0.6) is 5.75 Å². The highest BCUT2D eigenvalue weighted by Crippen LogP contribution is 2.28. The monoisotopic (exact) mass is 349 g/mol. The lowest BCUT2D eigenvalue weighted by molar-refractivity contribution is 0.0698. The zero-order chi connectivity index (χ0) is 17.9. The van der Waals surface area contributed by atoms with Gasteiger partial charge >= 0.3 is 0 Å². The lowest BCUT2D eigenvalue weighted by Gasteiger charge is -2.22. The number of guanidine groups is 1. The minimum Gasteiger partial charge on any atom is -0.497 e. The van der Waals surface area contributed by atoms with Crippen molar-refractivity contribution in [1.82, 2.24) is 10.2 Å². The van der Waals surface area contributed by atoms with E-state index < -0.39 is 0 Å². The van der Waals surface area contributed by atoms with Gasteiger partial charge in [-0.05, 0) is 30.5 Å². The van der Waals surface area contributed by atoms with Crippen molar-refractivity contribution in [3.8, 4) is 5.75 Å². The molecule has 0 saturated carbocycles. The number of hydrogen-bond acceptors (Lipinski definition) is 4. The first kappa shape index (κ1) is 19.5. The molecule has 0 aromatic heterocycles. The minimum atomic E-state index is 0.543. The van der Waals surface area contributed by atoms with Gasteiger partial charge in [-0.1, -0.05) is 12.1 Å². The molecule has 1 aromatic rings. The van der Waals surface area contributed by atoms with Gasteiger partial charge in [0.1, 0.15) is 5.75 Å². The largest absolute Gasteiger partial charge is 0.497 e. The number of nitrogens with one attached hydrogen (secondary N) is 1. The molecule has 6 heteroatoms. The van der Waals surface area contributed by atoms with Crippen LogP contribution in [-0.4, -0.2) is 71.6 Å². The number of rotatable bonds is 9. The Bertz CT molecular complexity index is 519. The Morgan fingerprint density at radius 3 is 2.68 bits per heavy atom. The van der Waals surface area contributed by atoms with E-state index in [1.54, 1.807) is 14.2 Å². The van der Waals surface area contributed by atoms with Crippen LogP contribution >= 0.6 is 0 Å². The Balaban J connectivity index is 1.72. The second kappa shape index (κ2) is 10.9. The molecule has 0 radical (unpaired) electrons. The Morgan fingerprint density at radius 2 is 2.00 bits per heavy atom. The van der Waals surface area contributed by atoms with E-state index in [4.69, 9.17) is 14.2 Å². The van der Waals surface area contributed by atoms with Crippen LogP contribution in [0.2, 0.25) is 0 Å². The van der Waals surface area contributed by atoms with E-state index in [1.165, 1.54) is 5.56 Å². The fraction of sp³-hybridized carbons (Fsp3) is 0.632. The fourth-order valence-corrected chi connectivity index (χ4v) is 3.05. The third-order valence-corrected chi connectivity index (χ3v) is 4.47. The number of hydrogen-bond donors (Lipinski definition) is 1. The normalized spacial score (nSPS) is 17.8. The highest BCUT2D eigenvalue weighted by molar-refractivity contribution is 5.80. The summed E-state index contributed by atoms with van der Waals surface area (Å²) in [6.45, 7) is 4.93. The lowest BCUT2D eigenvalue weighted by atomic mass is 9.98. The second-order valence-corrected chi connectivity index (χ2v) is 6.14. The number of benzene rings is 1. The maximum Gasteiger partial charge on any atom is 0.193 e. The average Bonchev–Trinajstić information content (AvgIpc) is 3.14. The maximum atomic E-state index is 5.48. The van der Waals surface area contributed by atoms with E-state index in [0.717, 1.165) is 50.8 Å². The number of ether oxygens (including phenoxy) is 3. The minimum absolute atomic E-state index is 0.543. The third kappa shape index (κ3) is 6.21. The van der Waals surface area contributed by atoms with E-state index in [1.807, 2.05) is 19.2 Å². The molecule has 25 heavy (non-hydrogen) atoms. The highest BCUT2D eigenvalue weighted by atomic mass is 16.5. The summed E-state index contributed by atoms with van der Waals surface area (Å²) >= 11 is 0. The molecule has 1 fully saturated rings. The van der Waals surface area contributed by atoms with E-state index in [9.17, 15) is 0 Å². The first-order valence-electron chi connectivity index (χ1n) is 8.94. The van der Waals surface area contributed by atoms with Crippen molar-refractivity contribution in [2.75, 3.05) is 60.7 Å². The van der Waals surface area contributed by atoms with Crippen molar-refractivity contribution >= 4 is 5.96 Å². The van der Waals surface area contributed by atoms with Crippen LogP contribution in [0.4, 0.5) is 0 Å². The molecule has 1 heterocycles. The molecular formula is C19H31N3O3. The van der Waals surface area contributed by atoms with Gasteiger partial charge in [-0.2, -0.15) is 0 Å². The van der Waals surface area contributed by atoms with Gasteiger partial charge in [-0.25, -0.2) is 0 Å². The van der Waals surface area contributed by atoms with Gasteiger partial charge in [0.05, 0.1) is 20.3 Å². The summed E-state index contributed by atoms with van der Waals surface area (Å²) in [6.07, 6.45) is 2.10. The molecule has 2 rings (SSSR count). The Kier molecular flexibility index (Phi) is 8.55. The van der Waals surface area contributed by atoms with Crippen LogP contribution in [0.15, 0.2) is 29.3 Å². The van der Waals surface area contributed by atoms with Crippen LogP contribution < -0.4 is 10.1 Å². The molecule has 140 valence electrons. The average molecular weight is 349 g/mol. The van der Waals surface area contributed by atoms with Gasteiger partial charge < -0.3 is 24.4 Å². The van der Waals surface area contributed by atoms with Crippen molar-refractivity contribution in [3.63, 3.8) is 0 Å². The molecule has 1 unspecified atom stereocenters. The smallest absolute Gasteiger partial charge is 0.193 e. The Hall–Kier alpha value is -1.79. The zero-order valence-corrected chi connectivity index (χ0v) is 15.7. The zero-order valence-electron chi connectivity index (χ0n) is 15.7. The van der Waals surface area contributed by atoms with Gasteiger partial charge in [0.25, 0.3) is 0 Å². The number of aliphatic imine (C=N–C) groups is 1. The van der Waals surface area contributed by atoms with E-state index in [0.29, 0.717) is 19.1 Å². The summed E-state index contributed by atoms with van der Waals surface area (Å²) in [6, 6.07) is 8.41. The summed E-state index contributed by atoms with van der Waals surface area (Å²) in [5, 5.41) is 3.44. The first-order valence-corrected chi connectivity index (χ1v) is 8.94. The molecule has 0 spiro atoms. The lowest BCUT2D eigenvalue weighted by Crippen LogP contribution is -2.40. The summed E-state index contributed by atoms with van der Waals surface area (Å²) in [5.74, 6) is 2.43. The Morgan fingerprint density at radius 1 is 1.20 bits per heavy atom. The van der Waals surface area contributed by atoms with Crippen molar-refractivity contribution in [2.24, 2.45) is 4.99 Å². The Labute approximate surface area is 151 Å². The predicted octanol–water partition coefficient (Wildman–Crippen LogP) is 2.11. The van der Waals surface area contributed by atoms with Gasteiger partial charge in [-0.3, -0.25) is 4.99 Å². The van der Waals surface area contributed by atoms with Gasteiger partial charge in [0.15, 0.2) is 5.96 Å². The van der Waals surface area contributed by atoms with Crippen molar-refractivity contribution in [1.29, 1.82) is 0 Å². The topological polar surface area (TPSA) is 55.3 Å². The molecule has 6 nitrogen and oxygen atoms in total. The summed E-state index contributed by atoms with van der Waals surface area (Å²) in [5.41, 5.74) is 1.37. The van der Waals surface area contributed by atoms with Gasteiger partial charge in [0, 0.05) is 46.3 Å². The van der Waals surface area contributed by atoms with E-state index in [2.05, 4.69) is 27.3 Å². The standard InChI is InChI=1S/C19H31N3O3/c1-20-19(21-10-4-12-25-14-13-23-2)22-11-9-17(15-22)16-5-7-18(24-3)8-6-16/h5-8,17H,4,9-15H2,1-3H3,(H,20,21). The molecule has 0 aliphatic carbocycles. The predicted molar refractivity (Wildman–Crippen MR) is 101 cm³/mol. The molecule has 1 aliphatic heterocycles. The van der Waals surface area contributed by atoms with E-state index in [-0.39, 0.29) is 0 Å². The van der Waals surface area contributed by atoms with Crippen molar-refractivity contribution in [2.45, 2.75) is 18.8 Å². The van der Waals surface area contributed by atoms with Crippen molar-refractivity contribution < 1.29 is 14.2 Å². The molecular weight excluding hydrogens is 318 g/mol. The van der Waals surface area contributed by atoms with E-state index >= 15 is 0 Å². The SMILES string of the molecule is CN=C(NCCCOCCOC)N1CCC(c2ccc(OC)cc2)C1. The van der Waals surface area contributed by atoms with Crippen LogP contribution in [0.25, 0.3) is 0 Å². The number of methoxy groups -OCH3 is 2. The molecule has 1 aliphatic rings. The molecule has 1 N–H and O–H groups in total. The van der Waals surface area contributed by atoms with Gasteiger partial charge in [-0.15, -0.1) is 0 Å². The fourth-order valence-electron chi connectivity index (χ4n) is 3.05. The number of nitrogens with zero attached hydrogens (tertiary/aromatic N) is 2. The van der Waals surface area contributed by atoms with Gasteiger partial charge in [0.2, 0.25) is 0 Å². The van der Waals surface area contributed by atoms with Crippen molar-refractivity contribution in [3.05, 3.63) is 29.8 Å². The molecule has 1 atom stereocenters. The summed E-state index contributed by atoms with van der Waals surface area (Å²) < 4.78 is 15.7. The van der Waals surface area contributed by atoms with Crippen LogP contribution in [0, 0.1) is 0 Å². The van der Waals surface area contributed by atoms with Crippen LogP contribution in [0.3, 0.4) is 0 Å². The second-order valence-electron chi connectivity index (χ2n) is 6.14. The quantitative estimate of drug-likeness (QED) is 0.420. The molecule has 1 aromatic carbocycles.